The molecule has 0 aromatic heterocycles. The summed E-state index contributed by atoms with van der Waals surface area (Å²) in [4.78, 5) is 13.0. The molecule has 2 unspecified atom stereocenters. The first-order valence-corrected chi connectivity index (χ1v) is 6.76. The third-order valence-electron chi connectivity index (χ3n) is 3.53. The molecule has 1 fully saturated rings. The van der Waals surface area contributed by atoms with E-state index in [0.717, 1.165) is 13.1 Å². The zero-order valence-corrected chi connectivity index (χ0v) is 11.3. The Balaban J connectivity index is 1.86. The smallest absolute Gasteiger partial charge is 0.306 e. The number of rotatable bonds is 5. The summed E-state index contributed by atoms with van der Waals surface area (Å²) >= 11 is 0. The van der Waals surface area contributed by atoms with Crippen LogP contribution in [-0.4, -0.2) is 48.3 Å². The van der Waals surface area contributed by atoms with Crippen LogP contribution in [0.25, 0.3) is 0 Å². The summed E-state index contributed by atoms with van der Waals surface area (Å²) < 4.78 is 5.48. The largest absolute Gasteiger partial charge is 0.481 e. The summed E-state index contributed by atoms with van der Waals surface area (Å²) in [6, 6.07) is 10.4. The number of aliphatic carboxylic acids is 1. The van der Waals surface area contributed by atoms with Gasteiger partial charge < -0.3 is 9.84 Å². The van der Waals surface area contributed by atoms with Crippen LogP contribution < -0.4 is 0 Å². The van der Waals surface area contributed by atoms with E-state index in [1.807, 2.05) is 6.07 Å². The minimum Gasteiger partial charge on any atom is -0.481 e. The minimum atomic E-state index is -0.789. The number of carbonyl (C=O) groups is 1. The lowest BCUT2D eigenvalue weighted by atomic mass is 10.0. The van der Waals surface area contributed by atoms with Crippen LogP contribution in [0.1, 0.15) is 24.8 Å². The average Bonchev–Trinajstić information content (AvgIpc) is 2.39. The fourth-order valence-corrected chi connectivity index (χ4v) is 2.54. The van der Waals surface area contributed by atoms with Gasteiger partial charge in [0.1, 0.15) is 0 Å². The van der Waals surface area contributed by atoms with E-state index in [4.69, 9.17) is 9.84 Å². The first-order valence-electron chi connectivity index (χ1n) is 6.76. The zero-order chi connectivity index (χ0) is 13.7. The second-order valence-corrected chi connectivity index (χ2v) is 5.16. The fourth-order valence-electron chi connectivity index (χ4n) is 2.54. The maximum absolute atomic E-state index is 10.7. The molecule has 19 heavy (non-hydrogen) atoms. The molecule has 2 atom stereocenters. The predicted molar refractivity (Wildman–Crippen MR) is 73.3 cm³/mol. The number of carboxylic acids is 1. The molecule has 104 valence electrons. The van der Waals surface area contributed by atoms with Crippen LogP contribution in [0.2, 0.25) is 0 Å². The molecular formula is C15H21NO3. The van der Waals surface area contributed by atoms with E-state index in [9.17, 15) is 4.79 Å². The van der Waals surface area contributed by atoms with Crippen LogP contribution in [0.15, 0.2) is 30.3 Å². The van der Waals surface area contributed by atoms with E-state index >= 15 is 0 Å². The highest BCUT2D eigenvalue weighted by atomic mass is 16.5. The molecule has 2 rings (SSSR count). The average molecular weight is 263 g/mol. The highest BCUT2D eigenvalue weighted by Gasteiger charge is 2.23. The third kappa shape index (κ3) is 4.33. The summed E-state index contributed by atoms with van der Waals surface area (Å²) in [5.41, 5.74) is 1.32. The number of benzene rings is 1. The molecule has 1 saturated heterocycles. The molecule has 0 aliphatic carbocycles. The summed E-state index contributed by atoms with van der Waals surface area (Å²) in [5.74, 6) is -0.340. The molecule has 0 saturated carbocycles. The lowest BCUT2D eigenvalue weighted by Gasteiger charge is -2.34. The number of hydrogen-bond donors (Lipinski definition) is 1. The van der Waals surface area contributed by atoms with Crippen molar-refractivity contribution < 1.29 is 14.6 Å². The van der Waals surface area contributed by atoms with E-state index in [1.54, 1.807) is 0 Å². The molecule has 0 bridgehead atoms. The second kappa shape index (κ2) is 6.68. The van der Waals surface area contributed by atoms with Gasteiger partial charge in [-0.05, 0) is 11.5 Å². The minimum absolute atomic E-state index is 0.0935. The van der Waals surface area contributed by atoms with E-state index in [2.05, 4.69) is 36.1 Å². The van der Waals surface area contributed by atoms with Crippen LogP contribution in [0.5, 0.6) is 0 Å². The van der Waals surface area contributed by atoms with Crippen LogP contribution in [0.3, 0.4) is 0 Å². The van der Waals surface area contributed by atoms with Gasteiger partial charge in [-0.25, -0.2) is 0 Å². The summed E-state index contributed by atoms with van der Waals surface area (Å²) in [6.07, 6.45) is -0.0785. The Kier molecular flexibility index (Phi) is 4.93. The van der Waals surface area contributed by atoms with Gasteiger partial charge in [-0.1, -0.05) is 37.3 Å². The van der Waals surface area contributed by atoms with Gasteiger partial charge in [-0.15, -0.1) is 0 Å². The monoisotopic (exact) mass is 263 g/mol. The van der Waals surface area contributed by atoms with Gasteiger partial charge in [0.05, 0.1) is 19.1 Å². The van der Waals surface area contributed by atoms with Crippen LogP contribution >= 0.6 is 0 Å². The Morgan fingerprint density at radius 3 is 2.89 bits per heavy atom. The molecule has 1 heterocycles. The standard InChI is InChI=1S/C15H21NO3/c1-12(13-5-3-2-4-6-13)10-16-7-8-19-14(11-16)9-15(17)18/h2-6,12,14H,7-11H2,1H3,(H,17,18). The molecule has 1 aliphatic rings. The number of ether oxygens (including phenoxy) is 1. The third-order valence-corrected chi connectivity index (χ3v) is 3.53. The summed E-state index contributed by atoms with van der Waals surface area (Å²) in [6.45, 7) is 5.37. The van der Waals surface area contributed by atoms with E-state index in [1.165, 1.54) is 5.56 Å². The van der Waals surface area contributed by atoms with Gasteiger partial charge in [0.25, 0.3) is 0 Å². The first kappa shape index (κ1) is 14.0. The van der Waals surface area contributed by atoms with Crippen molar-refractivity contribution >= 4 is 5.97 Å². The van der Waals surface area contributed by atoms with Crippen molar-refractivity contribution in [1.82, 2.24) is 4.90 Å². The molecule has 1 N–H and O–H groups in total. The Morgan fingerprint density at radius 1 is 1.47 bits per heavy atom. The zero-order valence-electron chi connectivity index (χ0n) is 11.3. The highest BCUT2D eigenvalue weighted by Crippen LogP contribution is 2.18. The van der Waals surface area contributed by atoms with E-state index in [-0.39, 0.29) is 12.5 Å². The topological polar surface area (TPSA) is 49.8 Å². The molecule has 0 radical (unpaired) electrons. The van der Waals surface area contributed by atoms with Crippen LogP contribution in [0.4, 0.5) is 0 Å². The van der Waals surface area contributed by atoms with Crippen molar-refractivity contribution in [3.63, 3.8) is 0 Å². The Labute approximate surface area is 114 Å². The van der Waals surface area contributed by atoms with Gasteiger partial charge in [-0.2, -0.15) is 0 Å². The molecule has 4 nitrogen and oxygen atoms in total. The van der Waals surface area contributed by atoms with Crippen molar-refractivity contribution in [3.8, 4) is 0 Å². The predicted octanol–water partition coefficient (Wildman–Crippen LogP) is 1.97. The van der Waals surface area contributed by atoms with E-state index < -0.39 is 5.97 Å². The molecule has 0 amide bonds. The number of morpholine rings is 1. The van der Waals surface area contributed by atoms with Gasteiger partial charge in [-0.3, -0.25) is 9.69 Å². The van der Waals surface area contributed by atoms with Gasteiger partial charge in [0, 0.05) is 19.6 Å². The van der Waals surface area contributed by atoms with Gasteiger partial charge >= 0.3 is 5.97 Å². The number of nitrogens with zero attached hydrogens (tertiary/aromatic N) is 1. The Morgan fingerprint density at radius 2 is 2.21 bits per heavy atom. The van der Waals surface area contributed by atoms with Gasteiger partial charge in [0.2, 0.25) is 0 Å². The fraction of sp³-hybridized carbons (Fsp3) is 0.533. The lowest BCUT2D eigenvalue weighted by molar-refractivity contribution is -0.142. The van der Waals surface area contributed by atoms with Crippen molar-refractivity contribution in [2.75, 3.05) is 26.2 Å². The molecule has 1 aromatic rings. The number of hydrogen-bond acceptors (Lipinski definition) is 3. The van der Waals surface area contributed by atoms with E-state index in [0.29, 0.717) is 19.1 Å². The van der Waals surface area contributed by atoms with Crippen molar-refractivity contribution in [3.05, 3.63) is 35.9 Å². The van der Waals surface area contributed by atoms with Crippen molar-refractivity contribution in [2.24, 2.45) is 0 Å². The quantitative estimate of drug-likeness (QED) is 0.882. The summed E-state index contributed by atoms with van der Waals surface area (Å²) in [7, 11) is 0. The number of carboxylic acid groups (broad SMARTS) is 1. The lowest BCUT2D eigenvalue weighted by Crippen LogP contribution is -2.44. The Hall–Kier alpha value is -1.39. The molecule has 4 heteroatoms. The molecule has 0 spiro atoms. The SMILES string of the molecule is CC(CN1CCOC(CC(=O)O)C1)c1ccccc1. The Bertz CT molecular complexity index is 407. The molecule has 1 aliphatic heterocycles. The van der Waals surface area contributed by atoms with Crippen molar-refractivity contribution in [2.45, 2.75) is 25.4 Å². The summed E-state index contributed by atoms with van der Waals surface area (Å²) in [5, 5.41) is 8.81. The first-order chi connectivity index (χ1) is 9.15. The van der Waals surface area contributed by atoms with Crippen LogP contribution in [0, 0.1) is 0 Å². The molecular weight excluding hydrogens is 242 g/mol. The van der Waals surface area contributed by atoms with Gasteiger partial charge in [0.15, 0.2) is 0 Å². The van der Waals surface area contributed by atoms with Crippen LogP contribution in [-0.2, 0) is 9.53 Å². The maximum atomic E-state index is 10.7. The van der Waals surface area contributed by atoms with Crippen molar-refractivity contribution in [1.29, 1.82) is 0 Å². The molecule has 1 aromatic carbocycles. The maximum Gasteiger partial charge on any atom is 0.306 e. The highest BCUT2D eigenvalue weighted by molar-refractivity contribution is 5.67. The normalized spacial score (nSPS) is 22.1. The second-order valence-electron chi connectivity index (χ2n) is 5.16.